The van der Waals surface area contributed by atoms with Gasteiger partial charge in [0, 0.05) is 37.8 Å². The van der Waals surface area contributed by atoms with Gasteiger partial charge in [0.1, 0.15) is 5.82 Å². The lowest BCUT2D eigenvalue weighted by atomic mass is 9.80. The van der Waals surface area contributed by atoms with Gasteiger partial charge in [0.2, 0.25) is 0 Å². The van der Waals surface area contributed by atoms with E-state index in [1.54, 1.807) is 12.1 Å². The molecule has 6 heteroatoms. The Balaban J connectivity index is 1.64. The lowest BCUT2D eigenvalue weighted by Gasteiger charge is -2.44. The van der Waals surface area contributed by atoms with Crippen LogP contribution in [-0.2, 0) is 6.54 Å². The predicted octanol–water partition coefficient (Wildman–Crippen LogP) is 0.176. The van der Waals surface area contributed by atoms with E-state index in [-0.39, 0.29) is 11.3 Å². The van der Waals surface area contributed by atoms with Gasteiger partial charge in [-0.05, 0) is 30.9 Å². The molecular formula is C15H22BFN2O2. The molecule has 2 fully saturated rings. The molecule has 0 bridgehead atoms. The van der Waals surface area contributed by atoms with Crippen molar-refractivity contribution in [2.45, 2.75) is 31.8 Å². The molecule has 1 aromatic carbocycles. The molecule has 114 valence electrons. The van der Waals surface area contributed by atoms with Crippen molar-refractivity contribution in [3.8, 4) is 0 Å². The Morgan fingerprint density at radius 3 is 2.81 bits per heavy atom. The fourth-order valence-corrected chi connectivity index (χ4v) is 3.46. The minimum atomic E-state index is -1.61. The van der Waals surface area contributed by atoms with Crippen LogP contribution in [0.4, 0.5) is 4.39 Å². The zero-order valence-corrected chi connectivity index (χ0v) is 12.2. The molecule has 21 heavy (non-hydrogen) atoms. The van der Waals surface area contributed by atoms with E-state index in [9.17, 15) is 4.39 Å². The van der Waals surface area contributed by atoms with Crippen molar-refractivity contribution in [2.75, 3.05) is 26.2 Å². The largest absolute Gasteiger partial charge is 0.488 e. The van der Waals surface area contributed by atoms with Crippen molar-refractivity contribution in [2.24, 2.45) is 0 Å². The van der Waals surface area contributed by atoms with Crippen LogP contribution < -0.4 is 5.46 Å². The van der Waals surface area contributed by atoms with Crippen LogP contribution in [-0.4, -0.2) is 59.2 Å². The molecule has 0 saturated carbocycles. The topological polar surface area (TPSA) is 46.9 Å². The second-order valence-corrected chi connectivity index (χ2v) is 6.15. The molecule has 1 atom stereocenters. The highest BCUT2D eigenvalue weighted by Gasteiger charge is 2.29. The first-order valence-electron chi connectivity index (χ1n) is 7.74. The molecule has 1 aromatic rings. The van der Waals surface area contributed by atoms with Crippen molar-refractivity contribution in [3.05, 3.63) is 29.6 Å². The first-order valence-corrected chi connectivity index (χ1v) is 7.74. The predicted molar refractivity (Wildman–Crippen MR) is 80.7 cm³/mol. The molecule has 2 aliphatic heterocycles. The average molecular weight is 292 g/mol. The molecule has 2 N–H and O–H groups in total. The van der Waals surface area contributed by atoms with Gasteiger partial charge in [-0.25, -0.2) is 4.39 Å². The number of benzene rings is 1. The van der Waals surface area contributed by atoms with Crippen LogP contribution in [0.15, 0.2) is 18.2 Å². The second-order valence-electron chi connectivity index (χ2n) is 6.15. The van der Waals surface area contributed by atoms with Crippen LogP contribution in [0, 0.1) is 5.82 Å². The Hall–Kier alpha value is -0.945. The molecule has 0 spiro atoms. The number of fused-ring (bicyclic) bond motifs is 1. The van der Waals surface area contributed by atoms with Crippen LogP contribution in [0.3, 0.4) is 0 Å². The number of piperazine rings is 1. The first kappa shape index (κ1) is 15.0. The van der Waals surface area contributed by atoms with Crippen LogP contribution in [0.2, 0.25) is 0 Å². The van der Waals surface area contributed by atoms with E-state index in [0.717, 1.165) is 19.6 Å². The van der Waals surface area contributed by atoms with Gasteiger partial charge in [0.05, 0.1) is 0 Å². The summed E-state index contributed by atoms with van der Waals surface area (Å²) in [5, 5.41) is 18.1. The maximum absolute atomic E-state index is 14.0. The van der Waals surface area contributed by atoms with E-state index < -0.39 is 7.12 Å². The van der Waals surface area contributed by atoms with Crippen molar-refractivity contribution < 1.29 is 14.4 Å². The summed E-state index contributed by atoms with van der Waals surface area (Å²) in [5.74, 6) is -0.355. The Morgan fingerprint density at radius 2 is 2.05 bits per heavy atom. The van der Waals surface area contributed by atoms with E-state index in [1.807, 2.05) is 0 Å². The van der Waals surface area contributed by atoms with Crippen LogP contribution in [0.1, 0.15) is 24.8 Å². The fraction of sp³-hybridized carbons (Fsp3) is 0.600. The molecule has 0 aliphatic carbocycles. The van der Waals surface area contributed by atoms with Crippen molar-refractivity contribution in [3.63, 3.8) is 0 Å². The van der Waals surface area contributed by atoms with Gasteiger partial charge in [0.15, 0.2) is 0 Å². The van der Waals surface area contributed by atoms with Gasteiger partial charge in [0.25, 0.3) is 0 Å². The van der Waals surface area contributed by atoms with Crippen LogP contribution >= 0.6 is 0 Å². The molecule has 2 heterocycles. The zero-order chi connectivity index (χ0) is 14.8. The van der Waals surface area contributed by atoms with Gasteiger partial charge in [-0.3, -0.25) is 9.80 Å². The average Bonchev–Trinajstić information content (AvgIpc) is 2.49. The smallest absolute Gasteiger partial charge is 0.423 e. The monoisotopic (exact) mass is 292 g/mol. The minimum Gasteiger partial charge on any atom is -0.423 e. The maximum atomic E-state index is 14.0. The quantitative estimate of drug-likeness (QED) is 0.780. The highest BCUT2D eigenvalue weighted by Crippen LogP contribution is 2.22. The van der Waals surface area contributed by atoms with E-state index in [0.29, 0.717) is 18.2 Å². The Labute approximate surface area is 125 Å². The van der Waals surface area contributed by atoms with Crippen LogP contribution in [0.25, 0.3) is 0 Å². The Kier molecular flexibility index (Phi) is 4.59. The second kappa shape index (κ2) is 6.44. The lowest BCUT2D eigenvalue weighted by Crippen LogP contribution is -2.54. The number of nitrogens with zero attached hydrogens (tertiary/aromatic N) is 2. The van der Waals surface area contributed by atoms with E-state index >= 15 is 0 Å². The van der Waals surface area contributed by atoms with E-state index in [2.05, 4.69) is 9.80 Å². The Morgan fingerprint density at radius 1 is 1.19 bits per heavy atom. The molecule has 2 aliphatic rings. The van der Waals surface area contributed by atoms with Crippen LogP contribution in [0.5, 0.6) is 0 Å². The maximum Gasteiger partial charge on any atom is 0.488 e. The molecule has 0 aromatic heterocycles. The minimum absolute atomic E-state index is 0.202. The lowest BCUT2D eigenvalue weighted by molar-refractivity contribution is 0.0452. The summed E-state index contributed by atoms with van der Waals surface area (Å²) < 4.78 is 14.0. The summed E-state index contributed by atoms with van der Waals surface area (Å²) in [6.07, 6.45) is 3.84. The van der Waals surface area contributed by atoms with E-state index in [4.69, 9.17) is 10.0 Å². The number of hydrogen-bond donors (Lipinski definition) is 2. The molecule has 4 nitrogen and oxygen atoms in total. The van der Waals surface area contributed by atoms with E-state index in [1.165, 1.54) is 31.9 Å². The SMILES string of the molecule is OB(O)c1ccc(CN2CCN3CCCCC3C2)c(F)c1. The number of rotatable bonds is 3. The number of halogens is 1. The highest BCUT2D eigenvalue weighted by atomic mass is 19.1. The molecule has 0 radical (unpaired) electrons. The van der Waals surface area contributed by atoms with Gasteiger partial charge in [-0.1, -0.05) is 18.6 Å². The fourth-order valence-electron chi connectivity index (χ4n) is 3.46. The summed E-state index contributed by atoms with van der Waals surface area (Å²) in [6, 6.07) is 5.09. The number of piperidine rings is 1. The van der Waals surface area contributed by atoms with Gasteiger partial charge in [-0.2, -0.15) is 0 Å². The third kappa shape index (κ3) is 3.45. The zero-order valence-electron chi connectivity index (χ0n) is 12.2. The third-order valence-electron chi connectivity index (χ3n) is 4.69. The van der Waals surface area contributed by atoms with Crippen molar-refractivity contribution in [1.82, 2.24) is 9.80 Å². The number of hydrogen-bond acceptors (Lipinski definition) is 4. The first-order chi connectivity index (χ1) is 10.1. The summed E-state index contributed by atoms with van der Waals surface area (Å²) in [5.41, 5.74) is 0.831. The summed E-state index contributed by atoms with van der Waals surface area (Å²) in [6.45, 7) is 4.85. The van der Waals surface area contributed by atoms with Gasteiger partial charge in [-0.15, -0.1) is 0 Å². The standard InChI is InChI=1S/C15H22BFN2O2/c17-15-9-13(16(20)21)5-4-12(15)10-18-7-8-19-6-2-1-3-14(19)11-18/h4-5,9,14,20-21H,1-3,6-8,10-11H2. The van der Waals surface area contributed by atoms with Gasteiger partial charge >= 0.3 is 7.12 Å². The Bertz CT molecular complexity index is 501. The highest BCUT2D eigenvalue weighted by molar-refractivity contribution is 6.58. The molecule has 1 unspecified atom stereocenters. The van der Waals surface area contributed by atoms with Gasteiger partial charge < -0.3 is 10.0 Å². The normalized spacial score (nSPS) is 23.9. The summed E-state index contributed by atoms with van der Waals surface area (Å²) in [7, 11) is -1.61. The summed E-state index contributed by atoms with van der Waals surface area (Å²) >= 11 is 0. The van der Waals surface area contributed by atoms with Crippen molar-refractivity contribution >= 4 is 12.6 Å². The molecule has 0 amide bonds. The summed E-state index contributed by atoms with van der Waals surface area (Å²) in [4.78, 5) is 4.86. The molecular weight excluding hydrogens is 270 g/mol. The third-order valence-corrected chi connectivity index (χ3v) is 4.69. The molecule has 3 rings (SSSR count). The molecule has 2 saturated heterocycles. The van der Waals surface area contributed by atoms with Crippen molar-refractivity contribution in [1.29, 1.82) is 0 Å².